The number of nitro groups is 1. The van der Waals surface area contributed by atoms with Crippen LogP contribution in [0.25, 0.3) is 0 Å². The number of anilines is 1. The summed E-state index contributed by atoms with van der Waals surface area (Å²) in [6.07, 6.45) is 0.267. The second-order valence-corrected chi connectivity index (χ2v) is 3.61. The number of benzene rings is 1. The average molecular weight is 256 g/mol. The lowest BCUT2D eigenvalue weighted by Crippen LogP contribution is -2.12. The molecule has 0 aliphatic rings. The summed E-state index contributed by atoms with van der Waals surface area (Å²) in [4.78, 5) is 21.4. The second-order valence-electron chi connectivity index (χ2n) is 3.16. The van der Waals surface area contributed by atoms with Crippen molar-refractivity contribution in [3.63, 3.8) is 0 Å². The van der Waals surface area contributed by atoms with E-state index in [2.05, 4.69) is 17.9 Å². The van der Waals surface area contributed by atoms with Crippen molar-refractivity contribution in [2.75, 3.05) is 18.2 Å². The van der Waals surface area contributed by atoms with Crippen LogP contribution in [0.4, 0.5) is 11.4 Å². The van der Waals surface area contributed by atoms with Crippen LogP contribution in [0.2, 0.25) is 0 Å². The number of hydrogen-bond acceptors (Lipinski definition) is 5. The average Bonchev–Trinajstić information content (AvgIpc) is 2.29. The van der Waals surface area contributed by atoms with Crippen molar-refractivity contribution < 1.29 is 14.5 Å². The van der Waals surface area contributed by atoms with Gasteiger partial charge >= 0.3 is 0 Å². The number of rotatable bonds is 5. The van der Waals surface area contributed by atoms with E-state index >= 15 is 0 Å². The van der Waals surface area contributed by atoms with Crippen LogP contribution >= 0.6 is 12.6 Å². The number of amides is 1. The van der Waals surface area contributed by atoms with Gasteiger partial charge in [0.15, 0.2) is 0 Å². The Morgan fingerprint density at radius 1 is 1.59 bits per heavy atom. The molecule has 1 aromatic carbocycles. The van der Waals surface area contributed by atoms with Gasteiger partial charge in [0.05, 0.1) is 23.8 Å². The highest BCUT2D eigenvalue weighted by Gasteiger charge is 2.12. The van der Waals surface area contributed by atoms with E-state index in [0.717, 1.165) is 0 Å². The van der Waals surface area contributed by atoms with Crippen LogP contribution in [-0.4, -0.2) is 23.7 Å². The predicted octanol–water partition coefficient (Wildman–Crippen LogP) is 1.86. The van der Waals surface area contributed by atoms with Crippen molar-refractivity contribution in [3.8, 4) is 5.75 Å². The monoisotopic (exact) mass is 256 g/mol. The Hall–Kier alpha value is -1.76. The Kier molecular flexibility index (Phi) is 4.77. The molecule has 0 saturated heterocycles. The minimum Gasteiger partial charge on any atom is -0.494 e. The van der Waals surface area contributed by atoms with Gasteiger partial charge in [0.1, 0.15) is 5.75 Å². The Balaban J connectivity index is 2.92. The van der Waals surface area contributed by atoms with Crippen LogP contribution in [0, 0.1) is 10.1 Å². The van der Waals surface area contributed by atoms with Crippen molar-refractivity contribution >= 4 is 29.9 Å². The maximum absolute atomic E-state index is 11.3. The molecule has 1 N–H and O–H groups in total. The first kappa shape index (κ1) is 13.3. The summed E-state index contributed by atoms with van der Waals surface area (Å²) >= 11 is 3.94. The Bertz CT molecular complexity index is 436. The third-order valence-corrected chi connectivity index (χ3v) is 2.23. The summed E-state index contributed by atoms with van der Waals surface area (Å²) in [5.74, 6) is 0.472. The second kappa shape index (κ2) is 6.09. The van der Waals surface area contributed by atoms with E-state index in [1.54, 1.807) is 0 Å². The van der Waals surface area contributed by atoms with Gasteiger partial charge in [-0.05, 0) is 11.8 Å². The number of hydrogen-bond donors (Lipinski definition) is 2. The van der Waals surface area contributed by atoms with E-state index < -0.39 is 4.92 Å². The molecule has 0 unspecified atom stereocenters. The summed E-state index contributed by atoms with van der Waals surface area (Å²) in [6.45, 7) is 0. The van der Waals surface area contributed by atoms with Gasteiger partial charge < -0.3 is 10.1 Å². The van der Waals surface area contributed by atoms with Gasteiger partial charge in [-0.15, -0.1) is 0 Å². The smallest absolute Gasteiger partial charge is 0.273 e. The van der Waals surface area contributed by atoms with Gasteiger partial charge in [0.2, 0.25) is 5.91 Å². The lowest BCUT2D eigenvalue weighted by Gasteiger charge is -2.09. The number of nitro benzene ring substituents is 1. The standard InChI is InChI=1S/C10H12N2O4S/c1-16-9-6-7(12(14)15)2-3-8(9)11-10(13)4-5-17/h2-3,6,17H,4-5H2,1H3,(H,11,13). The fraction of sp³-hybridized carbons (Fsp3) is 0.300. The van der Waals surface area contributed by atoms with E-state index in [0.29, 0.717) is 11.4 Å². The fourth-order valence-corrected chi connectivity index (χ4v) is 1.41. The molecule has 92 valence electrons. The largest absolute Gasteiger partial charge is 0.494 e. The molecular formula is C10H12N2O4S. The number of methoxy groups -OCH3 is 1. The number of nitrogens with zero attached hydrogens (tertiary/aromatic N) is 1. The molecule has 0 bridgehead atoms. The zero-order valence-corrected chi connectivity index (χ0v) is 10.1. The topological polar surface area (TPSA) is 81.5 Å². The molecule has 0 saturated carbocycles. The zero-order valence-electron chi connectivity index (χ0n) is 9.17. The Morgan fingerprint density at radius 3 is 2.82 bits per heavy atom. The van der Waals surface area contributed by atoms with Crippen molar-refractivity contribution in [2.45, 2.75) is 6.42 Å². The SMILES string of the molecule is COc1cc([N+](=O)[O-])ccc1NC(=O)CCS. The number of carbonyl (C=O) groups is 1. The van der Waals surface area contributed by atoms with E-state index in [1.807, 2.05) is 0 Å². The van der Waals surface area contributed by atoms with Gasteiger partial charge in [0.25, 0.3) is 5.69 Å². The zero-order chi connectivity index (χ0) is 12.8. The minimum absolute atomic E-state index is 0.0888. The molecule has 17 heavy (non-hydrogen) atoms. The van der Waals surface area contributed by atoms with Crippen molar-refractivity contribution in [2.24, 2.45) is 0 Å². The third kappa shape index (κ3) is 3.63. The lowest BCUT2D eigenvalue weighted by molar-refractivity contribution is -0.384. The first-order valence-corrected chi connectivity index (χ1v) is 5.45. The maximum Gasteiger partial charge on any atom is 0.273 e. The molecule has 6 nitrogen and oxygen atoms in total. The molecule has 0 aliphatic heterocycles. The molecule has 0 fully saturated rings. The molecule has 7 heteroatoms. The summed E-state index contributed by atoms with van der Waals surface area (Å²) in [6, 6.07) is 4.00. The number of non-ortho nitro benzene ring substituents is 1. The first-order valence-electron chi connectivity index (χ1n) is 4.81. The maximum atomic E-state index is 11.3. The van der Waals surface area contributed by atoms with Gasteiger partial charge in [-0.2, -0.15) is 12.6 Å². The Labute approximate surface area is 104 Å². The van der Waals surface area contributed by atoms with Crippen molar-refractivity contribution in [3.05, 3.63) is 28.3 Å². The van der Waals surface area contributed by atoms with Crippen molar-refractivity contribution in [1.82, 2.24) is 0 Å². The molecular weight excluding hydrogens is 244 g/mol. The number of thiol groups is 1. The summed E-state index contributed by atoms with van der Waals surface area (Å²) < 4.78 is 4.98. The van der Waals surface area contributed by atoms with Gasteiger partial charge in [0, 0.05) is 12.5 Å². The molecule has 0 atom stereocenters. The van der Waals surface area contributed by atoms with Crippen LogP contribution in [0.3, 0.4) is 0 Å². The highest BCUT2D eigenvalue weighted by atomic mass is 32.1. The molecule has 0 radical (unpaired) electrons. The lowest BCUT2D eigenvalue weighted by atomic mass is 10.2. The van der Waals surface area contributed by atoms with Crippen LogP contribution in [-0.2, 0) is 4.79 Å². The molecule has 1 rings (SSSR count). The number of ether oxygens (including phenoxy) is 1. The summed E-state index contributed by atoms with van der Waals surface area (Å²) in [7, 11) is 1.38. The van der Waals surface area contributed by atoms with Crippen LogP contribution in [0.5, 0.6) is 5.75 Å². The normalized spacial score (nSPS) is 9.76. The highest BCUT2D eigenvalue weighted by Crippen LogP contribution is 2.28. The quantitative estimate of drug-likeness (QED) is 0.478. The molecule has 1 amide bonds. The molecule has 1 aromatic rings. The molecule has 0 spiro atoms. The summed E-state index contributed by atoms with van der Waals surface area (Å²) in [5, 5.41) is 13.2. The van der Waals surface area contributed by atoms with E-state index in [9.17, 15) is 14.9 Å². The van der Waals surface area contributed by atoms with E-state index in [-0.39, 0.29) is 23.8 Å². The predicted molar refractivity (Wildman–Crippen MR) is 66.7 cm³/mol. The Morgan fingerprint density at radius 2 is 2.29 bits per heavy atom. The third-order valence-electron chi connectivity index (χ3n) is 2.01. The van der Waals surface area contributed by atoms with Gasteiger partial charge in [-0.25, -0.2) is 0 Å². The highest BCUT2D eigenvalue weighted by molar-refractivity contribution is 7.80. The molecule has 0 aromatic heterocycles. The van der Waals surface area contributed by atoms with E-state index in [1.165, 1.54) is 25.3 Å². The van der Waals surface area contributed by atoms with Crippen LogP contribution in [0.1, 0.15) is 6.42 Å². The van der Waals surface area contributed by atoms with Crippen LogP contribution in [0.15, 0.2) is 18.2 Å². The van der Waals surface area contributed by atoms with E-state index in [4.69, 9.17) is 4.74 Å². The minimum atomic E-state index is -0.526. The van der Waals surface area contributed by atoms with Gasteiger partial charge in [-0.1, -0.05) is 0 Å². The first-order chi connectivity index (χ1) is 8.08. The van der Waals surface area contributed by atoms with Gasteiger partial charge in [-0.3, -0.25) is 14.9 Å². The molecule has 0 heterocycles. The summed E-state index contributed by atoms with van der Waals surface area (Å²) in [5.41, 5.74) is 0.318. The number of nitrogens with one attached hydrogen (secondary N) is 1. The number of carbonyl (C=O) groups excluding carboxylic acids is 1. The van der Waals surface area contributed by atoms with Crippen molar-refractivity contribution in [1.29, 1.82) is 0 Å². The molecule has 0 aliphatic carbocycles. The fourth-order valence-electron chi connectivity index (χ4n) is 1.21. The van der Waals surface area contributed by atoms with Crippen LogP contribution < -0.4 is 10.1 Å².